The van der Waals surface area contributed by atoms with E-state index in [9.17, 15) is 13.2 Å². The lowest BCUT2D eigenvalue weighted by molar-refractivity contribution is -0.134. The molecule has 2 aromatic rings. The predicted molar refractivity (Wildman–Crippen MR) is 96.4 cm³/mol. The zero-order valence-electron chi connectivity index (χ0n) is 15.1. The van der Waals surface area contributed by atoms with Gasteiger partial charge >= 0.3 is 5.97 Å². The van der Waals surface area contributed by atoms with Gasteiger partial charge in [-0.1, -0.05) is 50.1 Å². The Bertz CT molecular complexity index is 875. The minimum absolute atomic E-state index is 0.0611. The number of aliphatic carboxylic acids is 1. The number of hydrogen-bond donors (Lipinski definition) is 2. The standard InChI is InChI=1S/C17H24N4O4S/c1-4-12(3)15(18)16-19-20-17(26(24,25)10-14(22)23)21(16)9-13-7-5-11(2)6-8-13/h5-8,12,15H,4,9-10,18H2,1-3H3,(H,22,23)/t12-,15+/m0/s1. The van der Waals surface area contributed by atoms with Crippen molar-refractivity contribution in [2.75, 3.05) is 5.75 Å². The van der Waals surface area contributed by atoms with Crippen LogP contribution in [0.1, 0.15) is 43.3 Å². The van der Waals surface area contributed by atoms with Gasteiger partial charge in [0.15, 0.2) is 11.6 Å². The van der Waals surface area contributed by atoms with Gasteiger partial charge in [0.05, 0.1) is 12.6 Å². The molecule has 2 atom stereocenters. The molecule has 0 aliphatic rings. The zero-order chi connectivity index (χ0) is 19.5. The Labute approximate surface area is 153 Å². The maximum atomic E-state index is 12.4. The molecule has 26 heavy (non-hydrogen) atoms. The van der Waals surface area contributed by atoms with Crippen LogP contribution >= 0.6 is 0 Å². The molecule has 0 saturated heterocycles. The van der Waals surface area contributed by atoms with Gasteiger partial charge in [0.2, 0.25) is 9.84 Å². The molecule has 0 bridgehead atoms. The quantitative estimate of drug-likeness (QED) is 0.711. The van der Waals surface area contributed by atoms with Crippen molar-refractivity contribution in [2.45, 2.75) is 44.9 Å². The van der Waals surface area contributed by atoms with Crippen LogP contribution in [-0.2, 0) is 21.2 Å². The summed E-state index contributed by atoms with van der Waals surface area (Å²) < 4.78 is 26.3. The molecule has 0 saturated carbocycles. The fraction of sp³-hybridized carbons (Fsp3) is 0.471. The summed E-state index contributed by atoms with van der Waals surface area (Å²) in [6, 6.07) is 7.08. The molecule has 142 valence electrons. The Balaban J connectivity index is 2.53. The Morgan fingerprint density at radius 3 is 2.42 bits per heavy atom. The Kier molecular flexibility index (Phi) is 6.14. The summed E-state index contributed by atoms with van der Waals surface area (Å²) in [5.41, 5.74) is 8.17. The number of hydrogen-bond acceptors (Lipinski definition) is 6. The number of aromatic nitrogens is 3. The lowest BCUT2D eigenvalue weighted by Crippen LogP contribution is -2.25. The first-order chi connectivity index (χ1) is 12.2. The minimum Gasteiger partial charge on any atom is -0.480 e. The summed E-state index contributed by atoms with van der Waals surface area (Å²) in [6.07, 6.45) is 0.787. The fourth-order valence-electron chi connectivity index (χ4n) is 2.54. The summed E-state index contributed by atoms with van der Waals surface area (Å²) in [5.74, 6) is -2.09. The monoisotopic (exact) mass is 380 g/mol. The van der Waals surface area contributed by atoms with Crippen LogP contribution in [0.5, 0.6) is 0 Å². The number of sulfone groups is 1. The van der Waals surface area contributed by atoms with Crippen molar-refractivity contribution in [1.29, 1.82) is 0 Å². The average molecular weight is 380 g/mol. The molecule has 0 amide bonds. The van der Waals surface area contributed by atoms with E-state index in [0.29, 0.717) is 5.82 Å². The van der Waals surface area contributed by atoms with Crippen molar-refractivity contribution in [3.8, 4) is 0 Å². The summed E-state index contributed by atoms with van der Waals surface area (Å²) in [7, 11) is -4.13. The second kappa shape index (κ2) is 7.96. The second-order valence-corrected chi connectivity index (χ2v) is 8.36. The van der Waals surface area contributed by atoms with Gasteiger partial charge in [-0.15, -0.1) is 10.2 Å². The summed E-state index contributed by atoms with van der Waals surface area (Å²) in [4.78, 5) is 10.9. The second-order valence-electron chi connectivity index (χ2n) is 6.48. The number of carboxylic acid groups (broad SMARTS) is 1. The van der Waals surface area contributed by atoms with Gasteiger partial charge in [-0.2, -0.15) is 0 Å². The van der Waals surface area contributed by atoms with E-state index in [4.69, 9.17) is 10.8 Å². The molecule has 0 fully saturated rings. The van der Waals surface area contributed by atoms with E-state index in [-0.39, 0.29) is 17.6 Å². The first-order valence-electron chi connectivity index (χ1n) is 8.34. The third-order valence-electron chi connectivity index (χ3n) is 4.35. The van der Waals surface area contributed by atoms with Crippen LogP contribution in [0.3, 0.4) is 0 Å². The van der Waals surface area contributed by atoms with Crippen LogP contribution in [0.25, 0.3) is 0 Å². The van der Waals surface area contributed by atoms with Crippen LogP contribution in [0, 0.1) is 12.8 Å². The largest absolute Gasteiger partial charge is 0.480 e. The van der Waals surface area contributed by atoms with Crippen molar-refractivity contribution < 1.29 is 18.3 Å². The highest BCUT2D eigenvalue weighted by atomic mass is 32.2. The van der Waals surface area contributed by atoms with Gasteiger partial charge in [0.25, 0.3) is 5.16 Å². The predicted octanol–water partition coefficient (Wildman–Crippen LogP) is 1.54. The normalized spacial score (nSPS) is 14.2. The number of rotatable bonds is 8. The van der Waals surface area contributed by atoms with E-state index in [2.05, 4.69) is 10.2 Å². The topological polar surface area (TPSA) is 128 Å². The van der Waals surface area contributed by atoms with Gasteiger partial charge in [-0.05, 0) is 18.4 Å². The maximum absolute atomic E-state index is 12.4. The highest BCUT2D eigenvalue weighted by molar-refractivity contribution is 7.91. The van der Waals surface area contributed by atoms with Gasteiger partial charge in [-0.3, -0.25) is 9.36 Å². The van der Waals surface area contributed by atoms with Gasteiger partial charge in [0.1, 0.15) is 0 Å². The molecule has 0 spiro atoms. The molecule has 0 unspecified atom stereocenters. The third-order valence-corrected chi connectivity index (χ3v) is 5.84. The van der Waals surface area contributed by atoms with Gasteiger partial charge in [-0.25, -0.2) is 8.42 Å². The number of nitrogens with two attached hydrogens (primary N) is 1. The van der Waals surface area contributed by atoms with Crippen LogP contribution in [0.15, 0.2) is 29.4 Å². The first kappa shape index (κ1) is 20.1. The van der Waals surface area contributed by atoms with Crippen LogP contribution < -0.4 is 5.73 Å². The Hall–Kier alpha value is -2.26. The highest BCUT2D eigenvalue weighted by Gasteiger charge is 2.30. The number of carboxylic acids is 1. The molecule has 0 aliphatic carbocycles. The van der Waals surface area contributed by atoms with Crippen molar-refractivity contribution in [2.24, 2.45) is 11.7 Å². The van der Waals surface area contributed by atoms with Gasteiger partial charge < -0.3 is 10.8 Å². The van der Waals surface area contributed by atoms with Crippen LogP contribution in [-0.4, -0.2) is 40.0 Å². The smallest absolute Gasteiger partial charge is 0.319 e. The number of benzene rings is 1. The number of carbonyl (C=O) groups is 1. The summed E-state index contributed by atoms with van der Waals surface area (Å²) in [6.45, 7) is 6.07. The molecular formula is C17H24N4O4S. The average Bonchev–Trinajstić information content (AvgIpc) is 2.98. The summed E-state index contributed by atoms with van der Waals surface area (Å²) in [5, 5.41) is 16.3. The highest BCUT2D eigenvalue weighted by Crippen LogP contribution is 2.24. The number of nitrogens with zero attached hydrogens (tertiary/aromatic N) is 3. The molecule has 1 heterocycles. The minimum atomic E-state index is -4.13. The molecule has 1 aromatic heterocycles. The van der Waals surface area contributed by atoms with E-state index in [1.807, 2.05) is 45.0 Å². The molecule has 3 N–H and O–H groups in total. The van der Waals surface area contributed by atoms with E-state index < -0.39 is 27.6 Å². The molecule has 2 rings (SSSR count). The first-order valence-corrected chi connectivity index (χ1v) is 9.99. The van der Waals surface area contributed by atoms with Crippen molar-refractivity contribution in [3.05, 3.63) is 41.2 Å². The SMILES string of the molecule is CC[C@H](C)[C@@H](N)c1nnc(S(=O)(=O)CC(=O)O)n1Cc1ccc(C)cc1. The third kappa shape index (κ3) is 4.47. The lowest BCUT2D eigenvalue weighted by Gasteiger charge is -2.19. The van der Waals surface area contributed by atoms with Crippen molar-refractivity contribution in [3.63, 3.8) is 0 Å². The molecule has 0 aliphatic heterocycles. The van der Waals surface area contributed by atoms with Gasteiger partial charge in [0, 0.05) is 0 Å². The van der Waals surface area contributed by atoms with E-state index in [0.717, 1.165) is 17.5 Å². The maximum Gasteiger partial charge on any atom is 0.319 e. The molecule has 1 aromatic carbocycles. The van der Waals surface area contributed by atoms with Crippen LogP contribution in [0.4, 0.5) is 0 Å². The summed E-state index contributed by atoms with van der Waals surface area (Å²) >= 11 is 0. The molecular weight excluding hydrogens is 356 g/mol. The Morgan fingerprint density at radius 1 is 1.27 bits per heavy atom. The molecule has 9 heteroatoms. The Morgan fingerprint density at radius 2 is 1.88 bits per heavy atom. The molecule has 8 nitrogen and oxygen atoms in total. The lowest BCUT2D eigenvalue weighted by atomic mass is 9.99. The zero-order valence-corrected chi connectivity index (χ0v) is 15.9. The number of aryl methyl sites for hydroxylation is 1. The van der Waals surface area contributed by atoms with E-state index >= 15 is 0 Å². The van der Waals surface area contributed by atoms with Crippen LogP contribution in [0.2, 0.25) is 0 Å². The fourth-order valence-corrected chi connectivity index (χ4v) is 3.65. The van der Waals surface area contributed by atoms with Crippen molar-refractivity contribution in [1.82, 2.24) is 14.8 Å². The van der Waals surface area contributed by atoms with E-state index in [1.54, 1.807) is 0 Å². The van der Waals surface area contributed by atoms with Crippen molar-refractivity contribution >= 4 is 15.8 Å². The molecule has 0 radical (unpaired) electrons. The van der Waals surface area contributed by atoms with E-state index in [1.165, 1.54) is 4.57 Å².